The first-order valence-corrected chi connectivity index (χ1v) is 7.79. The van der Waals surface area contributed by atoms with Crippen LogP contribution in [0.15, 0.2) is 54.6 Å². The summed E-state index contributed by atoms with van der Waals surface area (Å²) in [6.07, 6.45) is 0. The molecule has 2 aromatic carbocycles. The van der Waals surface area contributed by atoms with Gasteiger partial charge in [-0.1, -0.05) is 18.2 Å². The highest BCUT2D eigenvalue weighted by Gasteiger charge is 2.07. The summed E-state index contributed by atoms with van der Waals surface area (Å²) < 4.78 is 6.50. The molecule has 0 saturated carbocycles. The summed E-state index contributed by atoms with van der Waals surface area (Å²) in [5, 5.41) is 11.2. The van der Waals surface area contributed by atoms with Crippen LogP contribution in [-0.4, -0.2) is 18.3 Å². The van der Waals surface area contributed by atoms with E-state index in [1.807, 2.05) is 48.5 Å². The third-order valence-electron chi connectivity index (χ3n) is 3.18. The molecule has 0 fully saturated rings. The average Bonchev–Trinajstić information content (AvgIpc) is 2.97. The van der Waals surface area contributed by atoms with Gasteiger partial charge in [0, 0.05) is 10.4 Å². The number of amidine groups is 1. The molecule has 0 atom stereocenters. The second kappa shape index (κ2) is 6.50. The van der Waals surface area contributed by atoms with Crippen molar-refractivity contribution in [1.82, 2.24) is 0 Å². The minimum atomic E-state index is -0.216. The Labute approximate surface area is 137 Å². The van der Waals surface area contributed by atoms with Gasteiger partial charge in [-0.15, -0.1) is 11.3 Å². The molecule has 116 valence electrons. The minimum Gasteiger partial charge on any atom is -0.484 e. The first kappa shape index (κ1) is 15.1. The van der Waals surface area contributed by atoms with E-state index in [1.165, 1.54) is 11.3 Å². The predicted octanol–water partition coefficient (Wildman–Crippen LogP) is 3.20. The van der Waals surface area contributed by atoms with Gasteiger partial charge in [0.15, 0.2) is 6.61 Å². The second-order valence-corrected chi connectivity index (χ2v) is 6.01. The fourth-order valence-electron chi connectivity index (χ4n) is 2.10. The molecular weight excluding hydrogens is 310 g/mol. The van der Waals surface area contributed by atoms with Crippen LogP contribution in [0.2, 0.25) is 0 Å². The molecule has 0 saturated heterocycles. The van der Waals surface area contributed by atoms with Crippen molar-refractivity contribution in [2.24, 2.45) is 5.73 Å². The zero-order chi connectivity index (χ0) is 16.2. The van der Waals surface area contributed by atoms with Gasteiger partial charge in [-0.2, -0.15) is 0 Å². The van der Waals surface area contributed by atoms with Gasteiger partial charge < -0.3 is 15.8 Å². The lowest BCUT2D eigenvalue weighted by Crippen LogP contribution is -2.20. The molecule has 23 heavy (non-hydrogen) atoms. The Bertz CT molecular complexity index is 859. The molecule has 6 heteroatoms. The maximum absolute atomic E-state index is 11.9. The third kappa shape index (κ3) is 3.67. The Morgan fingerprint density at radius 2 is 1.96 bits per heavy atom. The van der Waals surface area contributed by atoms with Crippen molar-refractivity contribution in [1.29, 1.82) is 5.41 Å². The molecule has 1 aromatic heterocycles. The van der Waals surface area contributed by atoms with Crippen molar-refractivity contribution >= 4 is 38.9 Å². The summed E-state index contributed by atoms with van der Waals surface area (Å²) in [6, 6.07) is 16.6. The quantitative estimate of drug-likeness (QED) is 0.497. The van der Waals surface area contributed by atoms with Crippen molar-refractivity contribution in [3.8, 4) is 5.75 Å². The van der Waals surface area contributed by atoms with Crippen molar-refractivity contribution in [2.75, 3.05) is 11.9 Å². The van der Waals surface area contributed by atoms with Crippen molar-refractivity contribution in [3.63, 3.8) is 0 Å². The van der Waals surface area contributed by atoms with E-state index in [4.69, 9.17) is 15.9 Å². The molecule has 3 aromatic rings. The molecule has 0 aliphatic rings. The molecule has 1 amide bonds. The number of benzene rings is 2. The third-order valence-corrected chi connectivity index (χ3v) is 4.32. The number of fused-ring (bicyclic) bond motifs is 1. The number of nitrogens with one attached hydrogen (secondary N) is 2. The lowest BCUT2D eigenvalue weighted by atomic mass is 10.2. The zero-order valence-corrected chi connectivity index (χ0v) is 13.0. The van der Waals surface area contributed by atoms with Gasteiger partial charge in [0.2, 0.25) is 0 Å². The number of rotatable bonds is 5. The van der Waals surface area contributed by atoms with Crippen molar-refractivity contribution in [2.45, 2.75) is 0 Å². The number of hydrogen-bond donors (Lipinski definition) is 3. The lowest BCUT2D eigenvalue weighted by molar-refractivity contribution is -0.118. The van der Waals surface area contributed by atoms with Gasteiger partial charge >= 0.3 is 0 Å². The SMILES string of the molecule is N=C(N)c1cc2ccc(OCC(=O)Nc3ccccc3)cc2s1. The summed E-state index contributed by atoms with van der Waals surface area (Å²) in [7, 11) is 0. The van der Waals surface area contributed by atoms with Gasteiger partial charge in [0.1, 0.15) is 11.6 Å². The van der Waals surface area contributed by atoms with E-state index in [-0.39, 0.29) is 18.3 Å². The highest BCUT2D eigenvalue weighted by atomic mass is 32.1. The Kier molecular flexibility index (Phi) is 4.25. The summed E-state index contributed by atoms with van der Waals surface area (Å²) in [5.41, 5.74) is 6.23. The minimum absolute atomic E-state index is 0.0518. The molecule has 1 heterocycles. The monoisotopic (exact) mass is 325 g/mol. The highest BCUT2D eigenvalue weighted by molar-refractivity contribution is 7.20. The molecular formula is C17H15N3O2S. The first-order chi connectivity index (χ1) is 11.1. The standard InChI is InChI=1S/C17H15N3O2S/c18-17(19)15-8-11-6-7-13(9-14(11)23-15)22-10-16(21)20-12-4-2-1-3-5-12/h1-9H,10H2,(H3,18,19)(H,20,21). The van der Waals surface area contributed by atoms with E-state index in [9.17, 15) is 4.79 Å². The number of nitrogens with two attached hydrogens (primary N) is 1. The second-order valence-electron chi connectivity index (χ2n) is 4.93. The fraction of sp³-hybridized carbons (Fsp3) is 0.0588. The summed E-state index contributed by atoms with van der Waals surface area (Å²) in [4.78, 5) is 12.6. The number of ether oxygens (including phenoxy) is 1. The van der Waals surface area contributed by atoms with Gasteiger partial charge in [-0.3, -0.25) is 10.2 Å². The number of carbonyl (C=O) groups is 1. The number of hydrogen-bond acceptors (Lipinski definition) is 4. The first-order valence-electron chi connectivity index (χ1n) is 6.97. The van der Waals surface area contributed by atoms with Crippen LogP contribution in [0.4, 0.5) is 5.69 Å². The van der Waals surface area contributed by atoms with Gasteiger partial charge in [0.25, 0.3) is 5.91 Å². The molecule has 5 nitrogen and oxygen atoms in total. The van der Waals surface area contributed by atoms with E-state index in [0.29, 0.717) is 5.75 Å². The van der Waals surface area contributed by atoms with Crippen LogP contribution in [0.3, 0.4) is 0 Å². The smallest absolute Gasteiger partial charge is 0.262 e. The normalized spacial score (nSPS) is 10.4. The number of thiophene rings is 1. The van der Waals surface area contributed by atoms with Crippen LogP contribution in [0, 0.1) is 5.41 Å². The molecule has 0 radical (unpaired) electrons. The molecule has 0 aliphatic carbocycles. The predicted molar refractivity (Wildman–Crippen MR) is 93.4 cm³/mol. The van der Waals surface area contributed by atoms with Crippen molar-refractivity contribution < 1.29 is 9.53 Å². The van der Waals surface area contributed by atoms with E-state index < -0.39 is 0 Å². The largest absolute Gasteiger partial charge is 0.484 e. The number of amides is 1. The topological polar surface area (TPSA) is 88.2 Å². The van der Waals surface area contributed by atoms with E-state index in [1.54, 1.807) is 6.07 Å². The molecule has 0 aliphatic heterocycles. The molecule has 0 bridgehead atoms. The van der Waals surface area contributed by atoms with Crippen LogP contribution >= 0.6 is 11.3 Å². The van der Waals surface area contributed by atoms with E-state index in [2.05, 4.69) is 5.32 Å². The average molecular weight is 325 g/mol. The molecule has 4 N–H and O–H groups in total. The number of anilines is 1. The van der Waals surface area contributed by atoms with E-state index in [0.717, 1.165) is 20.7 Å². The molecule has 0 spiro atoms. The van der Waals surface area contributed by atoms with Crippen LogP contribution in [0.1, 0.15) is 4.88 Å². The van der Waals surface area contributed by atoms with Gasteiger partial charge in [0.05, 0.1) is 4.88 Å². The number of para-hydroxylation sites is 1. The summed E-state index contributed by atoms with van der Waals surface area (Å²) >= 11 is 1.43. The van der Waals surface area contributed by atoms with Crippen molar-refractivity contribution in [3.05, 3.63) is 59.5 Å². The highest BCUT2D eigenvalue weighted by Crippen LogP contribution is 2.29. The Morgan fingerprint density at radius 3 is 2.70 bits per heavy atom. The Hall–Kier alpha value is -2.86. The summed E-state index contributed by atoms with van der Waals surface area (Å²) in [6.45, 7) is -0.0641. The summed E-state index contributed by atoms with van der Waals surface area (Å²) in [5.74, 6) is 0.445. The van der Waals surface area contributed by atoms with Crippen LogP contribution < -0.4 is 15.8 Å². The maximum atomic E-state index is 11.9. The molecule has 0 unspecified atom stereocenters. The van der Waals surface area contributed by atoms with Gasteiger partial charge in [-0.25, -0.2) is 0 Å². The molecule has 3 rings (SSSR count). The van der Waals surface area contributed by atoms with Gasteiger partial charge in [-0.05, 0) is 41.8 Å². The number of carbonyl (C=O) groups excluding carboxylic acids is 1. The van der Waals surface area contributed by atoms with E-state index >= 15 is 0 Å². The Balaban J connectivity index is 1.64. The fourth-order valence-corrected chi connectivity index (χ4v) is 3.05. The number of nitrogen functional groups attached to an aromatic ring is 1. The Morgan fingerprint density at radius 1 is 1.17 bits per heavy atom. The lowest BCUT2D eigenvalue weighted by Gasteiger charge is -2.07. The maximum Gasteiger partial charge on any atom is 0.262 e. The van der Waals surface area contributed by atoms with Crippen LogP contribution in [-0.2, 0) is 4.79 Å². The van der Waals surface area contributed by atoms with Crippen LogP contribution in [0.25, 0.3) is 10.1 Å². The zero-order valence-electron chi connectivity index (χ0n) is 12.2. The van der Waals surface area contributed by atoms with Crippen LogP contribution in [0.5, 0.6) is 5.75 Å².